The number of hydrazone groups is 1. The van der Waals surface area contributed by atoms with Gasteiger partial charge in [0.15, 0.2) is 6.61 Å². The van der Waals surface area contributed by atoms with Crippen LogP contribution in [-0.4, -0.2) is 24.1 Å². The fourth-order valence-electron chi connectivity index (χ4n) is 2.17. The van der Waals surface area contributed by atoms with Crippen molar-refractivity contribution in [2.24, 2.45) is 5.10 Å². The summed E-state index contributed by atoms with van der Waals surface area (Å²) in [7, 11) is 0. The van der Waals surface area contributed by atoms with Gasteiger partial charge in [-0.3, -0.25) is 9.59 Å². The maximum Gasteiger partial charge on any atom is 0.277 e. The second-order valence-electron chi connectivity index (χ2n) is 5.93. The van der Waals surface area contributed by atoms with E-state index in [1.165, 1.54) is 6.07 Å². The topological polar surface area (TPSA) is 79.8 Å². The number of nitrogens with zero attached hydrogens (tertiary/aromatic N) is 1. The lowest BCUT2D eigenvalue weighted by Gasteiger charge is -2.09. The molecule has 0 saturated carbocycles. The average Bonchev–Trinajstić information content (AvgIpc) is 2.61. The molecule has 0 radical (unpaired) electrons. The molecule has 0 unspecified atom stereocenters. The van der Waals surface area contributed by atoms with Gasteiger partial charge in [-0.1, -0.05) is 39.1 Å². The van der Waals surface area contributed by atoms with Gasteiger partial charge in [0.2, 0.25) is 5.91 Å². The van der Waals surface area contributed by atoms with Crippen molar-refractivity contribution in [3.8, 4) is 5.75 Å². The van der Waals surface area contributed by atoms with E-state index < -0.39 is 5.91 Å². The van der Waals surface area contributed by atoms with Crippen LogP contribution in [0.4, 0.5) is 5.69 Å². The van der Waals surface area contributed by atoms with Gasteiger partial charge in [-0.15, -0.1) is 0 Å². The maximum absolute atomic E-state index is 12.1. The molecule has 0 aliphatic heterocycles. The summed E-state index contributed by atoms with van der Waals surface area (Å²) in [5.41, 5.74) is 4.14. The van der Waals surface area contributed by atoms with Gasteiger partial charge in [-0.05, 0) is 55.8 Å². The molecule has 0 aliphatic rings. The van der Waals surface area contributed by atoms with Crippen molar-refractivity contribution in [3.05, 3.63) is 56.5 Å². The summed E-state index contributed by atoms with van der Waals surface area (Å²) < 4.78 is 6.39. The number of hydrogen-bond donors (Lipinski definition) is 2. The third kappa shape index (κ3) is 7.14. The lowest BCUT2D eigenvalue weighted by molar-refractivity contribution is -0.123. The fraction of sp³-hybridized carbons (Fsp3) is 0.211. The Labute approximate surface area is 181 Å². The molecule has 6 nitrogen and oxygen atoms in total. The van der Waals surface area contributed by atoms with Gasteiger partial charge in [-0.2, -0.15) is 5.10 Å². The van der Waals surface area contributed by atoms with Crippen LogP contribution in [-0.2, 0) is 9.59 Å². The van der Waals surface area contributed by atoms with E-state index in [0.29, 0.717) is 27.2 Å². The SMILES string of the molecule is C/C(CC(=O)Nc1ccc(Cl)cc1Cl)=N\NC(=O)COc1ccc(Br)cc1C. The highest BCUT2D eigenvalue weighted by Crippen LogP contribution is 2.25. The quantitative estimate of drug-likeness (QED) is 0.428. The zero-order valence-electron chi connectivity index (χ0n) is 15.2. The molecule has 2 rings (SSSR count). The van der Waals surface area contributed by atoms with Gasteiger partial charge in [-0.25, -0.2) is 5.43 Å². The molecule has 0 heterocycles. The first-order chi connectivity index (χ1) is 13.2. The summed E-state index contributed by atoms with van der Waals surface area (Å²) in [6.07, 6.45) is -0.00802. The number of amides is 2. The molecular formula is C19H18BrCl2N3O3. The molecule has 0 saturated heterocycles. The molecule has 0 spiro atoms. The number of rotatable bonds is 7. The molecule has 0 bridgehead atoms. The third-order valence-electron chi connectivity index (χ3n) is 3.49. The number of aryl methyl sites for hydroxylation is 1. The molecule has 0 atom stereocenters. The highest BCUT2D eigenvalue weighted by Gasteiger charge is 2.09. The smallest absolute Gasteiger partial charge is 0.277 e. The number of benzene rings is 2. The van der Waals surface area contributed by atoms with E-state index in [9.17, 15) is 9.59 Å². The first-order valence-corrected chi connectivity index (χ1v) is 9.75. The Morgan fingerprint density at radius 3 is 2.57 bits per heavy atom. The van der Waals surface area contributed by atoms with Crippen LogP contribution in [0.5, 0.6) is 5.75 Å². The molecule has 0 aliphatic carbocycles. The standard InChI is InChI=1S/C19H18BrCl2N3O3/c1-11-7-13(20)3-6-17(11)28-10-19(27)25-24-12(2)8-18(26)23-16-5-4-14(21)9-15(16)22/h3-7,9H,8,10H2,1-2H3,(H,23,26)(H,25,27)/b24-12+. The molecule has 148 valence electrons. The Hall–Kier alpha value is -2.09. The summed E-state index contributed by atoms with van der Waals surface area (Å²) in [4.78, 5) is 23.9. The van der Waals surface area contributed by atoms with Crippen LogP contribution in [0.2, 0.25) is 10.0 Å². The molecule has 0 fully saturated rings. The monoisotopic (exact) mass is 485 g/mol. The molecule has 2 aromatic rings. The lowest BCUT2D eigenvalue weighted by atomic mass is 10.2. The van der Waals surface area contributed by atoms with Gasteiger partial charge in [0.05, 0.1) is 17.1 Å². The predicted molar refractivity (Wildman–Crippen MR) is 115 cm³/mol. The highest BCUT2D eigenvalue weighted by molar-refractivity contribution is 9.10. The van der Waals surface area contributed by atoms with E-state index >= 15 is 0 Å². The van der Waals surface area contributed by atoms with Gasteiger partial charge < -0.3 is 10.1 Å². The largest absolute Gasteiger partial charge is 0.483 e. The summed E-state index contributed by atoms with van der Waals surface area (Å²) in [5.74, 6) is -0.137. The van der Waals surface area contributed by atoms with E-state index in [4.69, 9.17) is 27.9 Å². The van der Waals surface area contributed by atoms with Crippen LogP contribution in [0.15, 0.2) is 46.0 Å². The summed E-state index contributed by atoms with van der Waals surface area (Å²) in [5, 5.41) is 7.38. The van der Waals surface area contributed by atoms with Crippen molar-refractivity contribution in [1.29, 1.82) is 0 Å². The van der Waals surface area contributed by atoms with Crippen molar-refractivity contribution >= 4 is 62.3 Å². The molecule has 28 heavy (non-hydrogen) atoms. The van der Waals surface area contributed by atoms with Crippen LogP contribution >= 0.6 is 39.1 Å². The average molecular weight is 487 g/mol. The summed E-state index contributed by atoms with van der Waals surface area (Å²) >= 11 is 15.2. The Morgan fingerprint density at radius 1 is 1.14 bits per heavy atom. The van der Waals surface area contributed by atoms with Gasteiger partial charge in [0.1, 0.15) is 5.75 Å². The molecular weight excluding hydrogens is 469 g/mol. The number of carbonyl (C=O) groups is 2. The van der Waals surface area contributed by atoms with Gasteiger partial charge in [0, 0.05) is 15.2 Å². The minimum atomic E-state index is -0.428. The first kappa shape index (κ1) is 22.2. The third-order valence-corrected chi connectivity index (χ3v) is 4.53. The number of hydrogen-bond acceptors (Lipinski definition) is 4. The van der Waals surface area contributed by atoms with Crippen molar-refractivity contribution in [2.45, 2.75) is 20.3 Å². The minimum absolute atomic E-state index is 0.00802. The zero-order chi connectivity index (χ0) is 20.7. The Kier molecular flexibility index (Phi) is 8.29. The van der Waals surface area contributed by atoms with E-state index in [-0.39, 0.29) is 18.9 Å². The van der Waals surface area contributed by atoms with Crippen LogP contribution < -0.4 is 15.5 Å². The Bertz CT molecular complexity index is 919. The Balaban J connectivity index is 1.80. The zero-order valence-corrected chi connectivity index (χ0v) is 18.3. The normalized spacial score (nSPS) is 11.1. The Morgan fingerprint density at radius 2 is 1.89 bits per heavy atom. The predicted octanol–water partition coefficient (Wildman–Crippen LogP) is 4.96. The van der Waals surface area contributed by atoms with Crippen LogP contribution in [0.3, 0.4) is 0 Å². The summed E-state index contributed by atoms with van der Waals surface area (Å²) in [6.45, 7) is 3.32. The van der Waals surface area contributed by atoms with Crippen molar-refractivity contribution in [3.63, 3.8) is 0 Å². The number of carbonyl (C=O) groups excluding carboxylic acids is 2. The van der Waals surface area contributed by atoms with Gasteiger partial charge in [0.25, 0.3) is 5.91 Å². The maximum atomic E-state index is 12.1. The van der Waals surface area contributed by atoms with E-state index in [0.717, 1.165) is 10.0 Å². The van der Waals surface area contributed by atoms with Crippen molar-refractivity contribution in [2.75, 3.05) is 11.9 Å². The summed E-state index contributed by atoms with van der Waals surface area (Å²) in [6, 6.07) is 10.3. The van der Waals surface area contributed by atoms with Crippen LogP contribution in [0.1, 0.15) is 18.9 Å². The van der Waals surface area contributed by atoms with E-state index in [2.05, 4.69) is 31.8 Å². The number of halogens is 3. The molecule has 2 aromatic carbocycles. The first-order valence-electron chi connectivity index (χ1n) is 8.20. The van der Waals surface area contributed by atoms with Crippen LogP contribution in [0, 0.1) is 6.92 Å². The molecule has 2 amide bonds. The number of anilines is 1. The fourth-order valence-corrected chi connectivity index (χ4v) is 3.10. The molecule has 9 heteroatoms. The number of ether oxygens (including phenoxy) is 1. The van der Waals surface area contributed by atoms with Crippen molar-refractivity contribution in [1.82, 2.24) is 5.43 Å². The van der Waals surface area contributed by atoms with E-state index in [1.54, 1.807) is 25.1 Å². The molecule has 0 aromatic heterocycles. The van der Waals surface area contributed by atoms with Crippen LogP contribution in [0.25, 0.3) is 0 Å². The van der Waals surface area contributed by atoms with Gasteiger partial charge >= 0.3 is 0 Å². The number of nitrogens with one attached hydrogen (secondary N) is 2. The van der Waals surface area contributed by atoms with E-state index in [1.807, 2.05) is 19.1 Å². The second kappa shape index (κ2) is 10.5. The minimum Gasteiger partial charge on any atom is -0.483 e. The van der Waals surface area contributed by atoms with Crippen molar-refractivity contribution < 1.29 is 14.3 Å². The molecule has 2 N–H and O–H groups in total. The second-order valence-corrected chi connectivity index (χ2v) is 7.69. The lowest BCUT2D eigenvalue weighted by Crippen LogP contribution is -2.26. The highest BCUT2D eigenvalue weighted by atomic mass is 79.9.